The van der Waals surface area contributed by atoms with E-state index in [1.807, 2.05) is 34.0 Å². The number of thiophene rings is 3. The van der Waals surface area contributed by atoms with E-state index in [0.717, 1.165) is 0 Å². The number of rotatable bonds is 15. The van der Waals surface area contributed by atoms with Gasteiger partial charge in [-0.25, -0.2) is 0 Å². The smallest absolute Gasteiger partial charge is 0.0712 e. The van der Waals surface area contributed by atoms with Crippen LogP contribution in [-0.4, -0.2) is 0 Å². The summed E-state index contributed by atoms with van der Waals surface area (Å²) in [6.45, 7) is 2.30. The second-order valence-electron chi connectivity index (χ2n) is 9.39. The third-order valence-electron chi connectivity index (χ3n) is 6.70. The lowest BCUT2D eigenvalue weighted by molar-refractivity contribution is 0.536. The minimum atomic E-state index is 1.23. The van der Waals surface area contributed by atoms with E-state index < -0.39 is 0 Å². The predicted octanol–water partition coefficient (Wildman–Crippen LogP) is 12.9. The number of hydrogen-bond acceptors (Lipinski definition) is 3. The summed E-state index contributed by atoms with van der Waals surface area (Å²) in [5.41, 5.74) is 0. The molecule has 0 aliphatic rings. The molecule has 0 saturated heterocycles. The van der Waals surface area contributed by atoms with Gasteiger partial charge in [0, 0.05) is 25.7 Å². The minimum Gasteiger partial charge on any atom is -0.140 e. The largest absolute Gasteiger partial charge is 0.140 e. The van der Waals surface area contributed by atoms with Crippen molar-refractivity contribution in [1.82, 2.24) is 0 Å². The second-order valence-corrected chi connectivity index (χ2v) is 15.4. The highest BCUT2D eigenvalue weighted by Crippen LogP contribution is 2.48. The number of unbranched alkanes of at least 4 members (excludes halogenated alkanes) is 13. The van der Waals surface area contributed by atoms with Crippen LogP contribution in [0.1, 0.15) is 102 Å². The summed E-state index contributed by atoms with van der Waals surface area (Å²) in [6, 6.07) is 7.12. The molecule has 0 fully saturated rings. The van der Waals surface area contributed by atoms with Crippen molar-refractivity contribution in [2.75, 3.05) is 0 Å². The van der Waals surface area contributed by atoms with Crippen molar-refractivity contribution in [3.63, 3.8) is 0 Å². The fraction of sp³-hybridized carbons (Fsp3) is 0.571. The molecule has 5 heteroatoms. The Labute approximate surface area is 228 Å². The maximum absolute atomic E-state index is 3.73. The van der Waals surface area contributed by atoms with Crippen LogP contribution in [0.15, 0.2) is 25.8 Å². The van der Waals surface area contributed by atoms with Crippen LogP contribution in [-0.2, 0) is 6.42 Å². The lowest BCUT2D eigenvalue weighted by Crippen LogP contribution is -1.84. The zero-order valence-corrected chi connectivity index (χ0v) is 25.4. The first-order chi connectivity index (χ1) is 16.2. The van der Waals surface area contributed by atoms with E-state index in [-0.39, 0.29) is 0 Å². The van der Waals surface area contributed by atoms with E-state index >= 15 is 0 Å². The number of benzene rings is 1. The summed E-state index contributed by atoms with van der Waals surface area (Å²) >= 11 is 13.2. The van der Waals surface area contributed by atoms with Crippen molar-refractivity contribution in [2.45, 2.75) is 103 Å². The van der Waals surface area contributed by atoms with E-state index in [1.165, 1.54) is 134 Å². The maximum atomic E-state index is 3.73. The molecule has 0 nitrogen and oxygen atoms in total. The maximum Gasteiger partial charge on any atom is 0.0712 e. The SMILES string of the molecule is CCCCCCCCCCCCCCCCc1cc2c3cc(Br)sc3c3sc(Br)cc3c2s1. The lowest BCUT2D eigenvalue weighted by atomic mass is 10.0. The van der Waals surface area contributed by atoms with Gasteiger partial charge < -0.3 is 0 Å². The van der Waals surface area contributed by atoms with Gasteiger partial charge >= 0.3 is 0 Å². The average molecular weight is 629 g/mol. The highest BCUT2D eigenvalue weighted by Gasteiger charge is 2.16. The molecule has 3 aromatic heterocycles. The molecule has 0 unspecified atom stereocenters. The van der Waals surface area contributed by atoms with E-state index in [4.69, 9.17) is 0 Å². The molecule has 0 saturated carbocycles. The van der Waals surface area contributed by atoms with E-state index in [1.54, 1.807) is 4.88 Å². The summed E-state index contributed by atoms with van der Waals surface area (Å²) in [5.74, 6) is 0. The third kappa shape index (κ3) is 7.06. The minimum absolute atomic E-state index is 1.23. The average Bonchev–Trinajstić information content (AvgIpc) is 3.49. The van der Waals surface area contributed by atoms with E-state index in [2.05, 4.69) is 57.0 Å². The highest BCUT2D eigenvalue weighted by atomic mass is 79.9. The molecule has 180 valence electrons. The van der Waals surface area contributed by atoms with Crippen LogP contribution in [0.5, 0.6) is 0 Å². The number of hydrogen-bond donors (Lipinski definition) is 0. The van der Waals surface area contributed by atoms with Crippen molar-refractivity contribution in [3.8, 4) is 0 Å². The first-order valence-corrected chi connectivity index (χ1v) is 16.9. The third-order valence-corrected chi connectivity index (χ3v) is 11.4. The second kappa shape index (κ2) is 13.4. The van der Waals surface area contributed by atoms with Gasteiger partial charge in [0.05, 0.1) is 17.0 Å². The van der Waals surface area contributed by atoms with Crippen LogP contribution in [0.2, 0.25) is 0 Å². The Morgan fingerprint density at radius 2 is 0.970 bits per heavy atom. The van der Waals surface area contributed by atoms with Gasteiger partial charge in [0.1, 0.15) is 0 Å². The molecular formula is C28H36Br2S3. The number of aryl methyl sites for hydroxylation is 1. The van der Waals surface area contributed by atoms with Crippen molar-refractivity contribution in [2.24, 2.45) is 0 Å². The molecule has 0 amide bonds. The molecule has 0 bridgehead atoms. The molecule has 0 atom stereocenters. The van der Waals surface area contributed by atoms with Crippen LogP contribution in [0.4, 0.5) is 0 Å². The Morgan fingerprint density at radius 3 is 1.55 bits per heavy atom. The summed E-state index contributed by atoms with van der Waals surface area (Å²) in [6.07, 6.45) is 21.2. The Morgan fingerprint density at radius 1 is 0.515 bits per heavy atom. The van der Waals surface area contributed by atoms with E-state index in [9.17, 15) is 0 Å². The predicted molar refractivity (Wildman–Crippen MR) is 162 cm³/mol. The van der Waals surface area contributed by atoms with Gasteiger partial charge in [-0.05, 0) is 62.9 Å². The Bertz CT molecular complexity index is 1080. The summed E-state index contributed by atoms with van der Waals surface area (Å²) in [7, 11) is 0. The molecule has 1 aromatic carbocycles. The zero-order valence-electron chi connectivity index (χ0n) is 19.8. The van der Waals surface area contributed by atoms with Gasteiger partial charge in [0.25, 0.3) is 0 Å². The van der Waals surface area contributed by atoms with E-state index in [0.29, 0.717) is 0 Å². The van der Waals surface area contributed by atoms with Crippen molar-refractivity contribution in [1.29, 1.82) is 0 Å². The van der Waals surface area contributed by atoms with Crippen LogP contribution >= 0.6 is 65.9 Å². The van der Waals surface area contributed by atoms with Crippen LogP contribution in [0, 0.1) is 0 Å². The Hall–Kier alpha value is 0.0600. The molecule has 4 aromatic rings. The summed E-state index contributed by atoms with van der Waals surface area (Å²) in [4.78, 5) is 1.56. The first kappa shape index (κ1) is 26.1. The van der Waals surface area contributed by atoms with Gasteiger partial charge in [0.15, 0.2) is 0 Å². The van der Waals surface area contributed by atoms with Gasteiger partial charge in [-0.1, -0.05) is 90.4 Å². The van der Waals surface area contributed by atoms with Gasteiger partial charge in [-0.2, -0.15) is 0 Å². The van der Waals surface area contributed by atoms with Gasteiger partial charge in [-0.3, -0.25) is 0 Å². The normalized spacial score (nSPS) is 12.1. The van der Waals surface area contributed by atoms with Crippen LogP contribution in [0.3, 0.4) is 0 Å². The molecule has 0 radical (unpaired) electrons. The van der Waals surface area contributed by atoms with Crippen LogP contribution in [0.25, 0.3) is 30.3 Å². The lowest BCUT2D eigenvalue weighted by Gasteiger charge is -2.03. The molecule has 0 aliphatic carbocycles. The van der Waals surface area contributed by atoms with Gasteiger partial charge in [0.2, 0.25) is 0 Å². The molecular weight excluding hydrogens is 592 g/mol. The monoisotopic (exact) mass is 626 g/mol. The number of halogens is 2. The van der Waals surface area contributed by atoms with Crippen LogP contribution < -0.4 is 0 Å². The van der Waals surface area contributed by atoms with Crippen molar-refractivity contribution >= 4 is 96.1 Å². The Balaban J connectivity index is 1.18. The Kier molecular flexibility index (Phi) is 10.6. The fourth-order valence-corrected chi connectivity index (χ4v) is 9.56. The molecule has 0 N–H and O–H groups in total. The topological polar surface area (TPSA) is 0 Å². The number of fused-ring (bicyclic) bond motifs is 6. The molecule has 33 heavy (non-hydrogen) atoms. The zero-order chi connectivity index (χ0) is 23.0. The fourth-order valence-electron chi connectivity index (χ4n) is 4.89. The van der Waals surface area contributed by atoms with Crippen molar-refractivity contribution in [3.05, 3.63) is 30.6 Å². The van der Waals surface area contributed by atoms with Crippen molar-refractivity contribution < 1.29 is 0 Å². The summed E-state index contributed by atoms with van der Waals surface area (Å²) in [5, 5.41) is 4.31. The molecule has 4 rings (SSSR count). The standard InChI is InChI=1S/C28H36Br2S3/c1-2-3-4-5-6-7-8-9-10-11-12-13-14-15-16-20-17-21-22-18-24(29)32-27(22)28-23(26(21)31-20)19-25(30)33-28/h17-19H,2-16H2,1H3. The first-order valence-electron chi connectivity index (χ1n) is 12.9. The van der Waals surface area contributed by atoms with Gasteiger partial charge in [-0.15, -0.1) is 34.0 Å². The summed E-state index contributed by atoms with van der Waals surface area (Å²) < 4.78 is 6.81. The molecule has 3 heterocycles. The highest BCUT2D eigenvalue weighted by molar-refractivity contribution is 9.11. The molecule has 0 aliphatic heterocycles. The quantitative estimate of drug-likeness (QED) is 0.115. The molecule has 0 spiro atoms.